The van der Waals surface area contributed by atoms with Gasteiger partial charge in [0.15, 0.2) is 0 Å². The lowest BCUT2D eigenvalue weighted by Gasteiger charge is -2.19. The second-order valence-electron chi connectivity index (χ2n) is 5.98. The molecule has 1 aromatic carbocycles. The Bertz CT molecular complexity index is 486. The topological polar surface area (TPSA) is 58.4 Å². The predicted molar refractivity (Wildman–Crippen MR) is 76.3 cm³/mol. The summed E-state index contributed by atoms with van der Waals surface area (Å²) in [6, 6.07) is 5.32. The Labute approximate surface area is 113 Å². The molecule has 1 fully saturated rings. The fourth-order valence-corrected chi connectivity index (χ4v) is 2.66. The first-order chi connectivity index (χ1) is 8.91. The van der Waals surface area contributed by atoms with Crippen molar-refractivity contribution in [3.63, 3.8) is 0 Å². The quantitative estimate of drug-likeness (QED) is 0.670. The van der Waals surface area contributed by atoms with Gasteiger partial charge in [0.25, 0.3) is 5.69 Å². The van der Waals surface area contributed by atoms with Crippen LogP contribution in [0.25, 0.3) is 0 Å². The standard InChI is InChI=1S/C14H21N3O2/c1-14(2)6-7-16(10-14)9-11-4-5-13(17(18)19)12(8-11)15-3/h4-5,8,15H,6-7,9-10H2,1-3H3. The summed E-state index contributed by atoms with van der Waals surface area (Å²) < 4.78 is 0. The molecule has 19 heavy (non-hydrogen) atoms. The largest absolute Gasteiger partial charge is 0.383 e. The lowest BCUT2D eigenvalue weighted by atomic mass is 9.93. The third kappa shape index (κ3) is 3.23. The number of hydrogen-bond acceptors (Lipinski definition) is 4. The minimum Gasteiger partial charge on any atom is -0.383 e. The van der Waals surface area contributed by atoms with Gasteiger partial charge in [-0.25, -0.2) is 0 Å². The highest BCUT2D eigenvalue weighted by Gasteiger charge is 2.29. The van der Waals surface area contributed by atoms with E-state index in [9.17, 15) is 10.1 Å². The number of likely N-dealkylation sites (tertiary alicyclic amines) is 1. The number of nitro groups is 1. The van der Waals surface area contributed by atoms with Crippen LogP contribution in [0.5, 0.6) is 0 Å². The van der Waals surface area contributed by atoms with Crippen molar-refractivity contribution in [2.45, 2.75) is 26.8 Å². The van der Waals surface area contributed by atoms with E-state index in [0.29, 0.717) is 11.1 Å². The Hall–Kier alpha value is -1.62. The lowest BCUT2D eigenvalue weighted by Crippen LogP contribution is -2.22. The lowest BCUT2D eigenvalue weighted by molar-refractivity contribution is -0.384. The average molecular weight is 263 g/mol. The van der Waals surface area contributed by atoms with E-state index in [2.05, 4.69) is 24.1 Å². The Morgan fingerprint density at radius 3 is 2.74 bits per heavy atom. The fourth-order valence-electron chi connectivity index (χ4n) is 2.66. The smallest absolute Gasteiger partial charge is 0.292 e. The zero-order valence-corrected chi connectivity index (χ0v) is 11.8. The molecule has 2 rings (SSSR count). The van der Waals surface area contributed by atoms with E-state index in [1.165, 1.54) is 6.42 Å². The van der Waals surface area contributed by atoms with Gasteiger partial charge in [-0.2, -0.15) is 0 Å². The number of nitro benzene ring substituents is 1. The number of nitrogens with one attached hydrogen (secondary N) is 1. The van der Waals surface area contributed by atoms with Crippen LogP contribution in [0.2, 0.25) is 0 Å². The van der Waals surface area contributed by atoms with Gasteiger partial charge >= 0.3 is 0 Å². The number of anilines is 1. The van der Waals surface area contributed by atoms with Gasteiger partial charge in [-0.1, -0.05) is 19.9 Å². The molecule has 0 amide bonds. The van der Waals surface area contributed by atoms with E-state index >= 15 is 0 Å². The van der Waals surface area contributed by atoms with Crippen molar-refractivity contribution < 1.29 is 4.92 Å². The second kappa shape index (κ2) is 5.17. The summed E-state index contributed by atoms with van der Waals surface area (Å²) in [5.74, 6) is 0. The summed E-state index contributed by atoms with van der Waals surface area (Å²) in [5.41, 5.74) is 2.22. The van der Waals surface area contributed by atoms with Crippen LogP contribution in [-0.4, -0.2) is 30.0 Å². The Kier molecular flexibility index (Phi) is 3.75. The molecule has 1 aliphatic heterocycles. The minimum atomic E-state index is -0.353. The van der Waals surface area contributed by atoms with Gasteiger partial charge in [0.05, 0.1) is 4.92 Å². The molecule has 5 heteroatoms. The maximum atomic E-state index is 10.9. The molecule has 1 saturated heterocycles. The summed E-state index contributed by atoms with van der Waals surface area (Å²) in [4.78, 5) is 12.9. The molecule has 1 aromatic rings. The van der Waals surface area contributed by atoms with Gasteiger partial charge in [0.1, 0.15) is 5.69 Å². The Balaban J connectivity index is 2.12. The molecule has 0 atom stereocenters. The Morgan fingerprint density at radius 1 is 1.47 bits per heavy atom. The van der Waals surface area contributed by atoms with Crippen molar-refractivity contribution in [3.8, 4) is 0 Å². The van der Waals surface area contributed by atoms with Crippen LogP contribution < -0.4 is 5.32 Å². The number of nitrogens with zero attached hydrogens (tertiary/aromatic N) is 2. The number of benzene rings is 1. The van der Waals surface area contributed by atoms with Crippen LogP contribution in [0.1, 0.15) is 25.8 Å². The first-order valence-electron chi connectivity index (χ1n) is 6.59. The van der Waals surface area contributed by atoms with E-state index in [1.54, 1.807) is 13.1 Å². The zero-order chi connectivity index (χ0) is 14.0. The van der Waals surface area contributed by atoms with Gasteiger partial charge in [-0.15, -0.1) is 0 Å². The highest BCUT2D eigenvalue weighted by atomic mass is 16.6. The van der Waals surface area contributed by atoms with Gasteiger partial charge in [0, 0.05) is 26.2 Å². The highest BCUT2D eigenvalue weighted by Crippen LogP contribution is 2.31. The predicted octanol–water partition coefficient (Wildman–Crippen LogP) is 2.87. The molecule has 0 spiro atoms. The van der Waals surface area contributed by atoms with Crippen LogP contribution in [-0.2, 0) is 6.54 Å². The molecule has 1 N–H and O–H groups in total. The monoisotopic (exact) mass is 263 g/mol. The van der Waals surface area contributed by atoms with Crippen molar-refractivity contribution in [1.82, 2.24) is 4.90 Å². The van der Waals surface area contributed by atoms with E-state index in [1.807, 2.05) is 12.1 Å². The summed E-state index contributed by atoms with van der Waals surface area (Å²) in [6.07, 6.45) is 1.21. The maximum absolute atomic E-state index is 10.9. The fraction of sp³-hybridized carbons (Fsp3) is 0.571. The van der Waals surface area contributed by atoms with E-state index in [-0.39, 0.29) is 10.6 Å². The van der Waals surface area contributed by atoms with Crippen molar-refractivity contribution in [2.75, 3.05) is 25.5 Å². The molecule has 104 valence electrons. The first kappa shape index (κ1) is 13.8. The molecule has 0 radical (unpaired) electrons. The molecular formula is C14H21N3O2. The van der Waals surface area contributed by atoms with Crippen LogP contribution in [0.4, 0.5) is 11.4 Å². The van der Waals surface area contributed by atoms with Crippen LogP contribution in [0, 0.1) is 15.5 Å². The molecule has 0 saturated carbocycles. The SMILES string of the molecule is CNc1cc(CN2CCC(C)(C)C2)ccc1[N+](=O)[O-]. The second-order valence-corrected chi connectivity index (χ2v) is 5.98. The third-order valence-electron chi connectivity index (χ3n) is 3.69. The molecule has 0 unspecified atom stereocenters. The van der Waals surface area contributed by atoms with Gasteiger partial charge in [0.2, 0.25) is 0 Å². The third-order valence-corrected chi connectivity index (χ3v) is 3.69. The van der Waals surface area contributed by atoms with Crippen molar-refractivity contribution in [1.29, 1.82) is 0 Å². The van der Waals surface area contributed by atoms with E-state index < -0.39 is 0 Å². The normalized spacial score (nSPS) is 18.5. The summed E-state index contributed by atoms with van der Waals surface area (Å²) in [7, 11) is 1.71. The zero-order valence-electron chi connectivity index (χ0n) is 11.8. The maximum Gasteiger partial charge on any atom is 0.292 e. The molecule has 1 heterocycles. The number of hydrogen-bond donors (Lipinski definition) is 1. The molecule has 0 aliphatic carbocycles. The molecule has 1 aliphatic rings. The van der Waals surface area contributed by atoms with Crippen LogP contribution in [0.15, 0.2) is 18.2 Å². The van der Waals surface area contributed by atoms with Crippen LogP contribution in [0.3, 0.4) is 0 Å². The molecule has 5 nitrogen and oxygen atoms in total. The molecular weight excluding hydrogens is 242 g/mol. The summed E-state index contributed by atoms with van der Waals surface area (Å²) in [6.45, 7) is 7.59. The Morgan fingerprint density at radius 2 is 2.21 bits per heavy atom. The summed E-state index contributed by atoms with van der Waals surface area (Å²) in [5, 5.41) is 13.8. The van der Waals surface area contributed by atoms with Crippen molar-refractivity contribution >= 4 is 11.4 Å². The van der Waals surface area contributed by atoms with Gasteiger partial charge < -0.3 is 5.32 Å². The van der Waals surface area contributed by atoms with Gasteiger partial charge in [-0.05, 0) is 30.0 Å². The molecule has 0 aromatic heterocycles. The van der Waals surface area contributed by atoms with E-state index in [4.69, 9.17) is 0 Å². The van der Waals surface area contributed by atoms with Crippen molar-refractivity contribution in [2.24, 2.45) is 5.41 Å². The summed E-state index contributed by atoms with van der Waals surface area (Å²) >= 11 is 0. The van der Waals surface area contributed by atoms with Crippen LogP contribution >= 0.6 is 0 Å². The minimum absolute atomic E-state index is 0.132. The molecule has 0 bridgehead atoms. The average Bonchev–Trinajstić information content (AvgIpc) is 2.68. The van der Waals surface area contributed by atoms with E-state index in [0.717, 1.165) is 25.2 Å². The number of rotatable bonds is 4. The van der Waals surface area contributed by atoms with Crippen molar-refractivity contribution in [3.05, 3.63) is 33.9 Å². The van der Waals surface area contributed by atoms with Gasteiger partial charge in [-0.3, -0.25) is 15.0 Å². The highest BCUT2D eigenvalue weighted by molar-refractivity contribution is 5.62. The first-order valence-corrected chi connectivity index (χ1v) is 6.59.